The lowest BCUT2D eigenvalue weighted by molar-refractivity contribution is -0.205. The summed E-state index contributed by atoms with van der Waals surface area (Å²) in [4.78, 5) is 34.0. The molecule has 1 saturated heterocycles. The van der Waals surface area contributed by atoms with Crippen molar-refractivity contribution in [1.29, 1.82) is 0 Å². The molecule has 0 N–H and O–H groups in total. The maximum Gasteiger partial charge on any atom is 0.339 e. The molecule has 7 rings (SSSR count). The van der Waals surface area contributed by atoms with Crippen molar-refractivity contribution in [2.24, 2.45) is 50.2 Å². The van der Waals surface area contributed by atoms with E-state index in [1.165, 1.54) is 6.42 Å². The number of pyridine rings is 1. The molecule has 8 atom stereocenters. The first-order chi connectivity index (χ1) is 21.7. The molecule has 4 saturated carbocycles. The van der Waals surface area contributed by atoms with Gasteiger partial charge in [0.2, 0.25) is 5.91 Å². The third-order valence-electron chi connectivity index (χ3n) is 15.4. The normalized spacial score (nSPS) is 42.8. The number of nitrogens with zero attached hydrogens (tertiary/aromatic N) is 2. The van der Waals surface area contributed by atoms with Crippen molar-refractivity contribution < 1.29 is 19.1 Å². The largest absolute Gasteiger partial charge is 0.458 e. The Bertz CT molecular complexity index is 1400. The summed E-state index contributed by atoms with van der Waals surface area (Å²) < 4.78 is 11.9. The Morgan fingerprint density at radius 3 is 2.37 bits per heavy atom. The number of aromatic nitrogens is 1. The molecule has 0 spiro atoms. The maximum atomic E-state index is 14.6. The number of amides is 1. The van der Waals surface area contributed by atoms with Crippen molar-refractivity contribution in [2.45, 2.75) is 119 Å². The number of allylic oxidation sites excluding steroid dienone is 2. The predicted molar refractivity (Wildman–Crippen MR) is 180 cm³/mol. The van der Waals surface area contributed by atoms with Gasteiger partial charge in [-0.05, 0) is 116 Å². The minimum absolute atomic E-state index is 0.0878. The van der Waals surface area contributed by atoms with Crippen LogP contribution in [0.3, 0.4) is 0 Å². The van der Waals surface area contributed by atoms with Crippen molar-refractivity contribution >= 4 is 11.9 Å². The number of hydrogen-bond acceptors (Lipinski definition) is 5. The number of esters is 1. The topological polar surface area (TPSA) is 68.7 Å². The lowest BCUT2D eigenvalue weighted by Crippen LogP contribution is -2.66. The van der Waals surface area contributed by atoms with E-state index in [9.17, 15) is 9.59 Å². The van der Waals surface area contributed by atoms with Crippen LogP contribution in [0.2, 0.25) is 0 Å². The van der Waals surface area contributed by atoms with Gasteiger partial charge in [0.25, 0.3) is 0 Å². The van der Waals surface area contributed by atoms with Crippen LogP contribution in [0.25, 0.3) is 0 Å². The molecule has 5 fully saturated rings. The first kappa shape index (κ1) is 32.3. The van der Waals surface area contributed by atoms with Crippen LogP contribution >= 0.6 is 0 Å². The molecule has 2 heterocycles. The molecule has 46 heavy (non-hydrogen) atoms. The monoisotopic (exact) mass is 630 g/mol. The van der Waals surface area contributed by atoms with Gasteiger partial charge in [-0.3, -0.25) is 9.78 Å². The quantitative estimate of drug-likeness (QED) is 0.248. The highest BCUT2D eigenvalue weighted by Crippen LogP contribution is 2.76. The third kappa shape index (κ3) is 4.61. The summed E-state index contributed by atoms with van der Waals surface area (Å²) >= 11 is 0. The predicted octanol–water partition coefficient (Wildman–Crippen LogP) is 8.27. The van der Waals surface area contributed by atoms with Gasteiger partial charge in [0.15, 0.2) is 0 Å². The zero-order valence-corrected chi connectivity index (χ0v) is 29.6. The highest BCUT2D eigenvalue weighted by atomic mass is 16.5. The van der Waals surface area contributed by atoms with Gasteiger partial charge in [-0.25, -0.2) is 4.79 Å². The second kappa shape index (κ2) is 10.9. The second-order valence-electron chi connectivity index (χ2n) is 18.3. The average Bonchev–Trinajstić information content (AvgIpc) is 3.03. The minimum Gasteiger partial charge on any atom is -0.458 e. The van der Waals surface area contributed by atoms with Gasteiger partial charge in [0.1, 0.15) is 6.10 Å². The Labute approximate surface area is 277 Å². The van der Waals surface area contributed by atoms with Crippen LogP contribution in [0.4, 0.5) is 0 Å². The summed E-state index contributed by atoms with van der Waals surface area (Å²) in [5, 5.41) is 0. The van der Waals surface area contributed by atoms with Crippen LogP contribution < -0.4 is 0 Å². The van der Waals surface area contributed by atoms with E-state index in [4.69, 9.17) is 9.47 Å². The molecule has 0 unspecified atom stereocenters. The lowest BCUT2D eigenvalue weighted by atomic mass is 9.33. The van der Waals surface area contributed by atoms with E-state index >= 15 is 0 Å². The molecule has 1 amide bonds. The molecule has 0 aromatic carbocycles. The van der Waals surface area contributed by atoms with E-state index in [1.807, 2.05) is 0 Å². The number of ether oxygens (including phenoxy) is 2. The van der Waals surface area contributed by atoms with Crippen molar-refractivity contribution in [2.75, 3.05) is 26.3 Å². The van der Waals surface area contributed by atoms with Crippen LogP contribution in [0.1, 0.15) is 123 Å². The van der Waals surface area contributed by atoms with E-state index in [-0.39, 0.29) is 44.6 Å². The second-order valence-corrected chi connectivity index (χ2v) is 18.3. The number of fused-ring (bicyclic) bond motifs is 7. The molecule has 0 radical (unpaired) electrons. The van der Waals surface area contributed by atoms with Gasteiger partial charge >= 0.3 is 5.97 Å². The fraction of sp³-hybridized carbons (Fsp3) is 0.775. The zero-order chi connectivity index (χ0) is 32.8. The fourth-order valence-electron chi connectivity index (χ4n) is 12.6. The van der Waals surface area contributed by atoms with Crippen LogP contribution in [-0.2, 0) is 14.3 Å². The SMILES string of the molecule is CC1(C)CC[C@]2(C(=O)N3CCOCC3)CC[C@]3(C)C(=CC[C@@H]4[C@@]5(C)CC[C@H](OC(=O)c6cccnc6)C(C)(C)[C@@H]5CC[C@]43C)[C@@H]2C1. The van der Waals surface area contributed by atoms with Gasteiger partial charge in [-0.2, -0.15) is 0 Å². The van der Waals surface area contributed by atoms with Crippen LogP contribution in [0.5, 0.6) is 0 Å². The fourth-order valence-corrected chi connectivity index (χ4v) is 12.6. The first-order valence-electron chi connectivity index (χ1n) is 18.4. The number of carbonyl (C=O) groups is 2. The van der Waals surface area contributed by atoms with Gasteiger partial charge in [0, 0.05) is 30.9 Å². The van der Waals surface area contributed by atoms with Crippen molar-refractivity contribution in [1.82, 2.24) is 9.88 Å². The Morgan fingerprint density at radius 2 is 1.65 bits per heavy atom. The van der Waals surface area contributed by atoms with Crippen LogP contribution in [0.15, 0.2) is 36.2 Å². The van der Waals surface area contributed by atoms with E-state index in [1.54, 1.807) is 30.1 Å². The Hall–Kier alpha value is -2.21. The molecule has 1 aromatic rings. The molecule has 6 nitrogen and oxygen atoms in total. The molecule has 6 aliphatic rings. The van der Waals surface area contributed by atoms with Crippen LogP contribution in [0, 0.1) is 50.2 Å². The summed E-state index contributed by atoms with van der Waals surface area (Å²) in [6.45, 7) is 20.2. The average molecular weight is 631 g/mol. The standard InChI is InChI=1S/C40H58N2O4/c1-35(2)16-18-40(34(44)42-21-23-45-24-22-42)19-17-38(6)28(29(40)25-35)10-11-31-37(5)14-13-32(46-33(43)27-9-8-20-41-26-27)36(3,4)30(37)12-15-39(31,38)7/h8-10,20,26,29-32H,11-19,21-25H2,1-7H3/t29-,30-,31+,32-,37-,38+,39+,40-/m0/s1. The smallest absolute Gasteiger partial charge is 0.339 e. The summed E-state index contributed by atoms with van der Waals surface area (Å²) in [5.74, 6) is 1.55. The van der Waals surface area contributed by atoms with E-state index in [0.29, 0.717) is 42.4 Å². The Kier molecular flexibility index (Phi) is 7.67. The third-order valence-corrected chi connectivity index (χ3v) is 15.4. The van der Waals surface area contributed by atoms with Gasteiger partial charge in [0.05, 0.1) is 24.2 Å². The van der Waals surface area contributed by atoms with Crippen molar-refractivity contribution in [3.8, 4) is 0 Å². The van der Waals surface area contributed by atoms with E-state index in [2.05, 4.69) is 64.4 Å². The number of morpholine rings is 1. The van der Waals surface area contributed by atoms with E-state index < -0.39 is 0 Å². The summed E-state index contributed by atoms with van der Waals surface area (Å²) in [6.07, 6.45) is 16.7. The van der Waals surface area contributed by atoms with E-state index in [0.717, 1.165) is 70.9 Å². The summed E-state index contributed by atoms with van der Waals surface area (Å²) in [6, 6.07) is 3.60. The molecule has 1 aliphatic heterocycles. The van der Waals surface area contributed by atoms with Crippen molar-refractivity contribution in [3.05, 3.63) is 41.7 Å². The zero-order valence-electron chi connectivity index (χ0n) is 29.6. The Balaban J connectivity index is 1.20. The molecule has 6 heteroatoms. The summed E-state index contributed by atoms with van der Waals surface area (Å²) in [7, 11) is 0. The Morgan fingerprint density at radius 1 is 0.913 bits per heavy atom. The minimum atomic E-state index is -0.263. The number of rotatable bonds is 3. The molecule has 5 aliphatic carbocycles. The molecule has 1 aromatic heterocycles. The van der Waals surface area contributed by atoms with Crippen LogP contribution in [-0.4, -0.2) is 54.2 Å². The molecular weight excluding hydrogens is 572 g/mol. The highest BCUT2D eigenvalue weighted by Gasteiger charge is 2.69. The molecule has 0 bridgehead atoms. The van der Waals surface area contributed by atoms with Gasteiger partial charge < -0.3 is 14.4 Å². The van der Waals surface area contributed by atoms with Crippen molar-refractivity contribution in [3.63, 3.8) is 0 Å². The molecule has 252 valence electrons. The number of carbonyl (C=O) groups excluding carboxylic acids is 2. The van der Waals surface area contributed by atoms with Gasteiger partial charge in [-0.1, -0.05) is 60.1 Å². The lowest BCUT2D eigenvalue weighted by Gasteiger charge is -2.71. The summed E-state index contributed by atoms with van der Waals surface area (Å²) in [5.41, 5.74) is 2.47. The maximum absolute atomic E-state index is 14.6. The molecular formula is C40H58N2O4. The number of hydrogen-bond donors (Lipinski definition) is 0. The highest BCUT2D eigenvalue weighted by molar-refractivity contribution is 5.89. The van der Waals surface area contributed by atoms with Gasteiger partial charge in [-0.15, -0.1) is 0 Å². The first-order valence-corrected chi connectivity index (χ1v) is 18.4.